The molecule has 2 rings (SSSR count). The summed E-state index contributed by atoms with van der Waals surface area (Å²) in [5.41, 5.74) is 1.09. The van der Waals surface area contributed by atoms with Gasteiger partial charge in [-0.25, -0.2) is 9.78 Å². The fraction of sp³-hybridized carbons (Fsp3) is 0.0909. The Hall–Kier alpha value is -1.11. The first-order valence-electron chi connectivity index (χ1n) is 4.86. The molecule has 1 aromatic carbocycles. The van der Waals surface area contributed by atoms with Crippen LogP contribution in [0.3, 0.4) is 0 Å². The number of carbonyl (C=O) groups excluding carboxylic acids is 1. The molecule has 94 valence electrons. The lowest BCUT2D eigenvalue weighted by atomic mass is 10.3. The number of rotatable bonds is 3. The van der Waals surface area contributed by atoms with E-state index in [1.807, 2.05) is 12.1 Å². The zero-order valence-electron chi connectivity index (χ0n) is 9.24. The molecule has 1 heterocycles. The molecule has 0 atom stereocenters. The van der Waals surface area contributed by atoms with Crippen molar-refractivity contribution in [3.8, 4) is 0 Å². The molecule has 7 heteroatoms. The third-order valence-electron chi connectivity index (χ3n) is 2.07. The summed E-state index contributed by atoms with van der Waals surface area (Å²) in [6.07, 6.45) is 0. The summed E-state index contributed by atoms with van der Waals surface area (Å²) in [6, 6.07) is 5.46. The van der Waals surface area contributed by atoms with E-state index >= 15 is 0 Å². The van der Waals surface area contributed by atoms with Crippen LogP contribution in [0.5, 0.6) is 0 Å². The fourth-order valence-corrected chi connectivity index (χ4v) is 2.35. The SMILES string of the molecule is COC(=O)c1csc(Nc2ccc(Br)c(Cl)c2)n1. The lowest BCUT2D eigenvalue weighted by Gasteiger charge is -2.03. The average Bonchev–Trinajstić information content (AvgIpc) is 2.81. The van der Waals surface area contributed by atoms with Crippen molar-refractivity contribution in [1.82, 2.24) is 4.98 Å². The standard InChI is InChI=1S/C11H8BrClN2O2S/c1-17-10(16)9-5-18-11(15-9)14-6-2-3-7(12)8(13)4-6/h2-5H,1H3,(H,14,15). The number of benzene rings is 1. The molecule has 0 radical (unpaired) electrons. The van der Waals surface area contributed by atoms with Gasteiger partial charge in [0.1, 0.15) is 0 Å². The highest BCUT2D eigenvalue weighted by atomic mass is 79.9. The van der Waals surface area contributed by atoms with Crippen molar-refractivity contribution in [2.75, 3.05) is 12.4 Å². The highest BCUT2D eigenvalue weighted by Crippen LogP contribution is 2.28. The van der Waals surface area contributed by atoms with Gasteiger partial charge in [0.05, 0.1) is 12.1 Å². The van der Waals surface area contributed by atoms with E-state index in [4.69, 9.17) is 11.6 Å². The predicted octanol–water partition coefficient (Wildman–Crippen LogP) is 4.09. The van der Waals surface area contributed by atoms with E-state index in [2.05, 4.69) is 31.0 Å². The van der Waals surface area contributed by atoms with Crippen molar-refractivity contribution in [2.24, 2.45) is 0 Å². The number of thiazole rings is 1. The number of nitrogens with zero attached hydrogens (tertiary/aromatic N) is 1. The Morgan fingerprint density at radius 1 is 1.56 bits per heavy atom. The van der Waals surface area contributed by atoms with Crippen LogP contribution in [-0.2, 0) is 4.74 Å². The number of nitrogens with one attached hydrogen (secondary N) is 1. The predicted molar refractivity (Wildman–Crippen MR) is 75.9 cm³/mol. The van der Waals surface area contributed by atoms with Crippen molar-refractivity contribution in [3.05, 3.63) is 38.8 Å². The number of aromatic nitrogens is 1. The van der Waals surface area contributed by atoms with Gasteiger partial charge in [0, 0.05) is 15.5 Å². The number of methoxy groups -OCH3 is 1. The van der Waals surface area contributed by atoms with Gasteiger partial charge in [-0.15, -0.1) is 11.3 Å². The molecule has 0 saturated heterocycles. The lowest BCUT2D eigenvalue weighted by molar-refractivity contribution is 0.0595. The summed E-state index contributed by atoms with van der Waals surface area (Å²) in [5.74, 6) is -0.451. The zero-order chi connectivity index (χ0) is 13.1. The van der Waals surface area contributed by atoms with Crippen LogP contribution in [0.25, 0.3) is 0 Å². The van der Waals surface area contributed by atoms with Crippen LogP contribution >= 0.6 is 38.9 Å². The minimum atomic E-state index is -0.451. The Labute approximate surface area is 121 Å². The summed E-state index contributed by atoms with van der Waals surface area (Å²) in [5, 5.41) is 5.91. The van der Waals surface area contributed by atoms with E-state index in [1.165, 1.54) is 18.4 Å². The van der Waals surface area contributed by atoms with E-state index in [-0.39, 0.29) is 5.69 Å². The molecule has 0 aliphatic carbocycles. The monoisotopic (exact) mass is 346 g/mol. The molecule has 2 aromatic rings. The molecule has 0 aliphatic heterocycles. The van der Waals surface area contributed by atoms with E-state index in [0.717, 1.165) is 10.2 Å². The fourth-order valence-electron chi connectivity index (χ4n) is 1.23. The van der Waals surface area contributed by atoms with Crippen LogP contribution in [0.4, 0.5) is 10.8 Å². The van der Waals surface area contributed by atoms with Gasteiger partial charge in [-0.1, -0.05) is 11.6 Å². The summed E-state index contributed by atoms with van der Waals surface area (Å²) in [7, 11) is 1.32. The van der Waals surface area contributed by atoms with Crippen LogP contribution in [-0.4, -0.2) is 18.1 Å². The number of esters is 1. The highest BCUT2D eigenvalue weighted by Gasteiger charge is 2.10. The maximum Gasteiger partial charge on any atom is 0.357 e. The molecule has 4 nitrogen and oxygen atoms in total. The summed E-state index contributed by atoms with van der Waals surface area (Å²) in [6.45, 7) is 0. The second kappa shape index (κ2) is 5.69. The molecule has 1 aromatic heterocycles. The van der Waals surface area contributed by atoms with Crippen LogP contribution in [0.2, 0.25) is 5.02 Å². The van der Waals surface area contributed by atoms with Crippen molar-refractivity contribution < 1.29 is 9.53 Å². The van der Waals surface area contributed by atoms with Crippen LogP contribution < -0.4 is 5.32 Å². The minimum absolute atomic E-state index is 0.285. The van der Waals surface area contributed by atoms with E-state index in [0.29, 0.717) is 10.2 Å². The second-order valence-electron chi connectivity index (χ2n) is 3.28. The summed E-state index contributed by atoms with van der Waals surface area (Å²) < 4.78 is 5.41. The van der Waals surface area contributed by atoms with Gasteiger partial charge in [-0.2, -0.15) is 0 Å². The smallest absolute Gasteiger partial charge is 0.357 e. The number of ether oxygens (including phenoxy) is 1. The van der Waals surface area contributed by atoms with Crippen LogP contribution in [0.15, 0.2) is 28.1 Å². The van der Waals surface area contributed by atoms with Crippen LogP contribution in [0, 0.1) is 0 Å². The number of halogens is 2. The second-order valence-corrected chi connectivity index (χ2v) is 5.40. The quantitative estimate of drug-likeness (QED) is 0.850. The van der Waals surface area contributed by atoms with Gasteiger partial charge >= 0.3 is 5.97 Å². The van der Waals surface area contributed by atoms with Gasteiger partial charge < -0.3 is 10.1 Å². The topological polar surface area (TPSA) is 51.2 Å². The largest absolute Gasteiger partial charge is 0.464 e. The Bertz CT molecular complexity index is 588. The molecule has 18 heavy (non-hydrogen) atoms. The van der Waals surface area contributed by atoms with E-state index in [1.54, 1.807) is 11.4 Å². The Kier molecular flexibility index (Phi) is 4.21. The van der Waals surface area contributed by atoms with Gasteiger partial charge in [-0.05, 0) is 34.1 Å². The third kappa shape index (κ3) is 3.01. The lowest BCUT2D eigenvalue weighted by Crippen LogP contribution is -2.01. The maximum absolute atomic E-state index is 11.2. The first kappa shape index (κ1) is 13.3. The zero-order valence-corrected chi connectivity index (χ0v) is 12.4. The van der Waals surface area contributed by atoms with Crippen molar-refractivity contribution >= 4 is 55.7 Å². The molecule has 0 fully saturated rings. The highest BCUT2D eigenvalue weighted by molar-refractivity contribution is 9.10. The minimum Gasteiger partial charge on any atom is -0.464 e. The molecule has 0 unspecified atom stereocenters. The number of carbonyl (C=O) groups is 1. The molecule has 0 aliphatic rings. The van der Waals surface area contributed by atoms with E-state index in [9.17, 15) is 4.79 Å². The third-order valence-corrected chi connectivity index (χ3v) is 4.06. The number of hydrogen-bond donors (Lipinski definition) is 1. The van der Waals surface area contributed by atoms with E-state index < -0.39 is 5.97 Å². The van der Waals surface area contributed by atoms with Gasteiger partial charge in [0.2, 0.25) is 0 Å². The summed E-state index contributed by atoms with van der Waals surface area (Å²) in [4.78, 5) is 15.4. The summed E-state index contributed by atoms with van der Waals surface area (Å²) >= 11 is 10.6. The first-order chi connectivity index (χ1) is 8.60. The van der Waals surface area contributed by atoms with Gasteiger partial charge in [-0.3, -0.25) is 0 Å². The Morgan fingerprint density at radius 2 is 2.33 bits per heavy atom. The van der Waals surface area contributed by atoms with Crippen molar-refractivity contribution in [3.63, 3.8) is 0 Å². The van der Waals surface area contributed by atoms with Gasteiger partial charge in [0.25, 0.3) is 0 Å². The molecular formula is C11H8BrClN2O2S. The van der Waals surface area contributed by atoms with Crippen LogP contribution in [0.1, 0.15) is 10.5 Å². The molecule has 0 amide bonds. The molecule has 0 bridgehead atoms. The Morgan fingerprint density at radius 3 is 3.00 bits per heavy atom. The molecule has 0 saturated carbocycles. The number of anilines is 2. The molecule has 1 N–H and O–H groups in total. The Balaban J connectivity index is 2.16. The molecule has 0 spiro atoms. The normalized spacial score (nSPS) is 10.2. The molecular weight excluding hydrogens is 340 g/mol. The maximum atomic E-state index is 11.2. The van der Waals surface area contributed by atoms with Gasteiger partial charge in [0.15, 0.2) is 10.8 Å². The van der Waals surface area contributed by atoms with Crippen molar-refractivity contribution in [1.29, 1.82) is 0 Å². The average molecular weight is 348 g/mol. The number of hydrogen-bond acceptors (Lipinski definition) is 5. The first-order valence-corrected chi connectivity index (χ1v) is 6.91. The van der Waals surface area contributed by atoms with Crippen molar-refractivity contribution in [2.45, 2.75) is 0 Å².